The van der Waals surface area contributed by atoms with Crippen molar-refractivity contribution in [2.75, 3.05) is 51.8 Å². The molecule has 0 bridgehead atoms. The number of allylic oxidation sites excluding steroid dienone is 1. The van der Waals surface area contributed by atoms with E-state index in [1.54, 1.807) is 24.4 Å². The standard InChI is InChI=1S/C28H31F4N7O4/c1-42-24-13-22-23(14-25(24)43-11-3-7-38(9-10-40)8-6-28(30,31)32)34-18-35-27(22)37-20-15-36-39(16-20,17-26(33)41)21-5-2-4-19(29)12-21/h2,4-5,12-16,18,40H,3,6-11,17H2,1H3,(H2-,33,34,35,37,41)/p+1. The van der Waals surface area contributed by atoms with Gasteiger partial charge in [0.15, 0.2) is 29.9 Å². The zero-order chi connectivity index (χ0) is 31.0. The van der Waals surface area contributed by atoms with Crippen LogP contribution in [0.25, 0.3) is 10.9 Å². The number of methoxy groups -OCH3 is 1. The van der Waals surface area contributed by atoms with Gasteiger partial charge in [-0.15, -0.1) is 4.59 Å². The highest BCUT2D eigenvalue weighted by Gasteiger charge is 2.36. The number of hydrogen-bond donors (Lipinski definition) is 3. The molecule has 1 aliphatic heterocycles. The molecule has 1 unspecified atom stereocenters. The Morgan fingerprint density at radius 2 is 1.95 bits per heavy atom. The quantitative estimate of drug-likeness (QED) is 0.136. The smallest absolute Gasteiger partial charge is 0.390 e. The van der Waals surface area contributed by atoms with Gasteiger partial charge in [-0.05, 0) is 18.6 Å². The van der Waals surface area contributed by atoms with Gasteiger partial charge in [-0.25, -0.2) is 14.4 Å². The van der Waals surface area contributed by atoms with Crippen molar-refractivity contribution < 1.29 is 36.9 Å². The van der Waals surface area contributed by atoms with Gasteiger partial charge in [-0.3, -0.25) is 4.79 Å². The number of benzene rings is 2. The Morgan fingerprint density at radius 1 is 1.14 bits per heavy atom. The van der Waals surface area contributed by atoms with E-state index in [0.717, 1.165) is 0 Å². The number of fused-ring (bicyclic) bond motifs is 1. The molecular weight excluding hydrogens is 574 g/mol. The van der Waals surface area contributed by atoms with E-state index in [4.69, 9.17) is 15.2 Å². The minimum absolute atomic E-state index is 0.133. The first-order valence-corrected chi connectivity index (χ1v) is 13.3. The van der Waals surface area contributed by atoms with E-state index < -0.39 is 24.3 Å². The molecule has 1 aliphatic rings. The van der Waals surface area contributed by atoms with Crippen molar-refractivity contribution in [3.63, 3.8) is 0 Å². The van der Waals surface area contributed by atoms with E-state index in [0.29, 0.717) is 52.6 Å². The number of halogens is 4. The van der Waals surface area contributed by atoms with Crippen molar-refractivity contribution in [1.82, 2.24) is 19.5 Å². The van der Waals surface area contributed by atoms with Crippen LogP contribution in [-0.4, -0.2) is 84.8 Å². The van der Waals surface area contributed by atoms with Crippen LogP contribution in [0.3, 0.4) is 0 Å². The molecule has 11 nitrogen and oxygen atoms in total. The molecule has 1 atom stereocenters. The van der Waals surface area contributed by atoms with Crippen LogP contribution in [0.2, 0.25) is 0 Å². The highest BCUT2D eigenvalue weighted by molar-refractivity contribution is 5.96. The summed E-state index contributed by atoms with van der Waals surface area (Å²) >= 11 is 0. The third kappa shape index (κ3) is 8.37. The molecule has 4 N–H and O–H groups in total. The molecule has 0 aliphatic carbocycles. The molecule has 0 saturated heterocycles. The fraction of sp³-hybridized carbons (Fsp3) is 0.357. The SMILES string of the molecule is COc1cc2c(NC3=C[N+](CC(N)=O)(c4cccc(F)c4)N=C3)ncnc2cc1OCCCN(CCO)CCC(F)(F)F. The second kappa shape index (κ2) is 13.8. The third-order valence-electron chi connectivity index (χ3n) is 6.60. The van der Waals surface area contributed by atoms with E-state index in [1.165, 1.54) is 42.8 Å². The molecule has 2 aromatic carbocycles. The van der Waals surface area contributed by atoms with Crippen molar-refractivity contribution in [2.45, 2.75) is 19.0 Å². The van der Waals surface area contributed by atoms with E-state index in [-0.39, 0.29) is 37.4 Å². The normalized spacial score (nSPS) is 16.5. The number of quaternary nitrogens is 1. The number of carbonyl (C=O) groups excluding carboxylic acids is 1. The van der Waals surface area contributed by atoms with E-state index >= 15 is 0 Å². The molecular formula is C28H32F4N7O4+. The predicted molar refractivity (Wildman–Crippen MR) is 153 cm³/mol. The highest BCUT2D eigenvalue weighted by Crippen LogP contribution is 2.35. The Bertz CT molecular complexity index is 1500. The molecule has 15 heteroatoms. The van der Waals surface area contributed by atoms with Crippen molar-refractivity contribution in [2.24, 2.45) is 10.8 Å². The number of anilines is 1. The summed E-state index contributed by atoms with van der Waals surface area (Å²) in [5.74, 6) is 0.0393. The lowest BCUT2D eigenvalue weighted by Crippen LogP contribution is -2.44. The number of ether oxygens (including phenoxy) is 2. The summed E-state index contributed by atoms with van der Waals surface area (Å²) in [5, 5.41) is 17.4. The summed E-state index contributed by atoms with van der Waals surface area (Å²) in [5.41, 5.74) is 6.87. The Kier molecular flexibility index (Phi) is 10.1. The summed E-state index contributed by atoms with van der Waals surface area (Å²) in [4.78, 5) is 22.1. The maximum Gasteiger partial charge on any atom is 0.390 e. The monoisotopic (exact) mass is 606 g/mol. The maximum absolute atomic E-state index is 14.0. The van der Waals surface area contributed by atoms with Crippen molar-refractivity contribution in [3.05, 3.63) is 60.4 Å². The lowest BCUT2D eigenvalue weighted by atomic mass is 10.2. The van der Waals surface area contributed by atoms with Gasteiger partial charge < -0.3 is 30.5 Å². The Hall–Kier alpha value is -4.34. The zero-order valence-electron chi connectivity index (χ0n) is 23.4. The summed E-state index contributed by atoms with van der Waals surface area (Å²) < 4.78 is 62.8. The number of amides is 1. The number of rotatable bonds is 15. The van der Waals surface area contributed by atoms with Crippen molar-refractivity contribution >= 4 is 34.5 Å². The molecule has 0 saturated carbocycles. The molecule has 1 amide bonds. The lowest BCUT2D eigenvalue weighted by molar-refractivity contribution is -0.138. The number of primary amides is 1. The second-order valence-electron chi connectivity index (χ2n) is 9.76. The van der Waals surface area contributed by atoms with Gasteiger partial charge in [0.1, 0.15) is 29.9 Å². The second-order valence-corrected chi connectivity index (χ2v) is 9.76. The van der Waals surface area contributed by atoms with Gasteiger partial charge in [0.25, 0.3) is 5.91 Å². The molecule has 1 aromatic heterocycles. The molecule has 3 aromatic rings. The number of hydrogen-bond acceptors (Lipinski definition) is 9. The number of carbonyl (C=O) groups is 1. The van der Waals surface area contributed by atoms with Gasteiger partial charge in [0.05, 0.1) is 32.3 Å². The number of nitrogens with zero attached hydrogens (tertiary/aromatic N) is 5. The maximum atomic E-state index is 14.0. The van der Waals surface area contributed by atoms with Crippen LogP contribution in [0.1, 0.15) is 12.8 Å². The molecule has 0 spiro atoms. The molecule has 43 heavy (non-hydrogen) atoms. The summed E-state index contributed by atoms with van der Waals surface area (Å²) in [6.45, 7) is -0.0493. The van der Waals surface area contributed by atoms with Crippen LogP contribution in [0, 0.1) is 5.82 Å². The number of aliphatic hydroxyl groups is 1. The number of alkyl halides is 3. The van der Waals surface area contributed by atoms with Crippen LogP contribution in [0.15, 0.2) is 59.7 Å². The van der Waals surface area contributed by atoms with Crippen LogP contribution in [-0.2, 0) is 4.79 Å². The first-order valence-electron chi connectivity index (χ1n) is 13.3. The zero-order valence-corrected chi connectivity index (χ0v) is 23.4. The topological polar surface area (TPSA) is 135 Å². The van der Waals surface area contributed by atoms with Crippen molar-refractivity contribution in [3.8, 4) is 11.5 Å². The fourth-order valence-corrected chi connectivity index (χ4v) is 4.60. The van der Waals surface area contributed by atoms with Crippen LogP contribution < -0.4 is 25.1 Å². The Morgan fingerprint density at radius 3 is 2.65 bits per heavy atom. The molecule has 230 valence electrons. The van der Waals surface area contributed by atoms with E-state index in [9.17, 15) is 27.5 Å². The third-order valence-corrected chi connectivity index (χ3v) is 6.60. The minimum Gasteiger partial charge on any atom is -0.493 e. The Balaban J connectivity index is 1.49. The number of aromatic nitrogens is 2. The summed E-state index contributed by atoms with van der Waals surface area (Å²) in [7, 11) is 1.46. The highest BCUT2D eigenvalue weighted by atomic mass is 19.4. The lowest BCUT2D eigenvalue weighted by Gasteiger charge is -2.23. The minimum atomic E-state index is -4.27. The van der Waals surface area contributed by atoms with Crippen LogP contribution >= 0.6 is 0 Å². The molecule has 0 radical (unpaired) electrons. The van der Waals surface area contributed by atoms with Gasteiger partial charge >= 0.3 is 6.18 Å². The summed E-state index contributed by atoms with van der Waals surface area (Å²) in [6, 6.07) is 9.06. The number of nitrogens with one attached hydrogen (secondary N) is 1. The molecule has 4 rings (SSSR count). The van der Waals surface area contributed by atoms with Crippen molar-refractivity contribution in [1.29, 1.82) is 0 Å². The fourth-order valence-electron chi connectivity index (χ4n) is 4.60. The van der Waals surface area contributed by atoms with E-state index in [2.05, 4.69) is 20.4 Å². The van der Waals surface area contributed by atoms with Gasteiger partial charge in [0.2, 0.25) is 0 Å². The average molecular weight is 607 g/mol. The van der Waals surface area contributed by atoms with Crippen LogP contribution in [0.4, 0.5) is 29.1 Å². The van der Waals surface area contributed by atoms with Gasteiger partial charge in [-0.1, -0.05) is 11.2 Å². The number of aliphatic hydroxyl groups excluding tert-OH is 1. The van der Waals surface area contributed by atoms with Crippen LogP contribution in [0.5, 0.6) is 11.5 Å². The predicted octanol–water partition coefficient (Wildman–Crippen LogP) is 3.54. The average Bonchev–Trinajstić information content (AvgIpc) is 3.36. The largest absolute Gasteiger partial charge is 0.493 e. The Labute approximate surface area is 244 Å². The molecule has 2 heterocycles. The first-order chi connectivity index (χ1) is 20.5. The molecule has 0 fully saturated rings. The van der Waals surface area contributed by atoms with Gasteiger partial charge in [0, 0.05) is 43.2 Å². The van der Waals surface area contributed by atoms with E-state index in [1.807, 2.05) is 0 Å². The first kappa shape index (κ1) is 31.6. The number of nitrogens with two attached hydrogens (primary N) is 1. The summed E-state index contributed by atoms with van der Waals surface area (Å²) in [6.07, 6.45) is -0.353. The van der Waals surface area contributed by atoms with Gasteiger partial charge in [-0.2, -0.15) is 13.2 Å².